The van der Waals surface area contributed by atoms with Crippen molar-refractivity contribution >= 4 is 11.9 Å². The Labute approximate surface area is 250 Å². The second-order valence-electron chi connectivity index (χ2n) is 12.2. The van der Waals surface area contributed by atoms with Crippen molar-refractivity contribution in [2.45, 2.75) is 219 Å². The summed E-state index contributed by atoms with van der Waals surface area (Å²) in [7, 11) is 0. The fourth-order valence-electron chi connectivity index (χ4n) is 5.30. The second-order valence-corrected chi connectivity index (χ2v) is 12.2. The highest BCUT2D eigenvalue weighted by Gasteiger charge is 1.98. The summed E-state index contributed by atoms with van der Waals surface area (Å²) in [6.45, 7) is 4.52. The van der Waals surface area contributed by atoms with Crippen LogP contribution in [-0.4, -0.2) is 22.2 Å². The molecule has 0 amide bonds. The molecule has 0 aromatic carbocycles. The minimum atomic E-state index is -0.659. The quantitative estimate of drug-likeness (QED) is 0.0791. The number of carboxylic acid groups (broad SMARTS) is 2. The summed E-state index contributed by atoms with van der Waals surface area (Å²) in [6.07, 6.45) is 40.5. The third-order valence-corrected chi connectivity index (χ3v) is 7.99. The first-order valence-corrected chi connectivity index (χ1v) is 18.0. The van der Waals surface area contributed by atoms with Gasteiger partial charge in [-0.2, -0.15) is 0 Å². The van der Waals surface area contributed by atoms with E-state index in [4.69, 9.17) is 10.2 Å². The normalized spacial score (nSPS) is 10.8. The summed E-state index contributed by atoms with van der Waals surface area (Å²) < 4.78 is 0. The number of aliphatic carboxylic acids is 2. The van der Waals surface area contributed by atoms with Crippen LogP contribution < -0.4 is 0 Å². The first-order chi connectivity index (χ1) is 19.5. The van der Waals surface area contributed by atoms with Crippen molar-refractivity contribution in [1.29, 1.82) is 0 Å². The fraction of sp³-hybridized carbons (Fsp3) is 0.944. The predicted octanol–water partition coefficient (Wildman–Crippen LogP) is 12.7. The first-order valence-electron chi connectivity index (χ1n) is 18.0. The van der Waals surface area contributed by atoms with Gasteiger partial charge in [-0.05, 0) is 12.8 Å². The third-order valence-electron chi connectivity index (χ3n) is 7.99. The smallest absolute Gasteiger partial charge is 0.303 e. The lowest BCUT2D eigenvalue weighted by molar-refractivity contribution is -0.138. The van der Waals surface area contributed by atoms with E-state index < -0.39 is 11.9 Å². The molecule has 4 nitrogen and oxygen atoms in total. The molecule has 0 spiro atoms. The summed E-state index contributed by atoms with van der Waals surface area (Å²) in [4.78, 5) is 20.6. The lowest BCUT2D eigenvalue weighted by Gasteiger charge is -2.04. The monoisotopic (exact) mass is 569 g/mol. The maximum absolute atomic E-state index is 10.4. The van der Waals surface area contributed by atoms with Crippen LogP contribution >= 0.6 is 0 Å². The molecule has 0 aromatic heterocycles. The number of rotatable bonds is 32. The van der Waals surface area contributed by atoms with Gasteiger partial charge >= 0.3 is 11.9 Å². The van der Waals surface area contributed by atoms with Gasteiger partial charge in [0.2, 0.25) is 0 Å². The minimum absolute atomic E-state index is 0.343. The summed E-state index contributed by atoms with van der Waals surface area (Å²) in [5.41, 5.74) is 0. The minimum Gasteiger partial charge on any atom is -0.481 e. The molecule has 0 rings (SSSR count). The van der Waals surface area contributed by atoms with Gasteiger partial charge in [-0.25, -0.2) is 0 Å². The van der Waals surface area contributed by atoms with Crippen molar-refractivity contribution in [3.63, 3.8) is 0 Å². The van der Waals surface area contributed by atoms with Gasteiger partial charge < -0.3 is 10.2 Å². The number of hydrogen-bond donors (Lipinski definition) is 2. The van der Waals surface area contributed by atoms with Crippen molar-refractivity contribution in [2.24, 2.45) is 0 Å². The zero-order valence-corrected chi connectivity index (χ0v) is 27.3. The lowest BCUT2D eigenvalue weighted by Crippen LogP contribution is -1.93. The highest BCUT2D eigenvalue weighted by Crippen LogP contribution is 2.15. The molecule has 0 radical (unpaired) electrons. The molecule has 240 valence electrons. The maximum atomic E-state index is 10.4. The van der Waals surface area contributed by atoms with E-state index >= 15 is 0 Å². The van der Waals surface area contributed by atoms with Crippen molar-refractivity contribution in [2.75, 3.05) is 0 Å². The van der Waals surface area contributed by atoms with Crippen LogP contribution in [0.3, 0.4) is 0 Å². The molecule has 0 bridgehead atoms. The largest absolute Gasteiger partial charge is 0.481 e. The summed E-state index contributed by atoms with van der Waals surface area (Å²) in [6, 6.07) is 0. The third kappa shape index (κ3) is 44.0. The molecular weight excluding hydrogens is 496 g/mol. The Morgan fingerprint density at radius 2 is 0.450 bits per heavy atom. The summed E-state index contributed by atoms with van der Waals surface area (Å²) in [5.74, 6) is -1.31. The second kappa shape index (κ2) is 37.9. The van der Waals surface area contributed by atoms with Crippen molar-refractivity contribution in [3.05, 3.63) is 0 Å². The van der Waals surface area contributed by atoms with E-state index in [1.807, 2.05) is 0 Å². The number of unbranched alkanes of at least 4 members (excludes halogenated alkanes) is 28. The van der Waals surface area contributed by atoms with Crippen LogP contribution in [0, 0.1) is 0 Å². The zero-order valence-electron chi connectivity index (χ0n) is 27.3. The van der Waals surface area contributed by atoms with E-state index in [0.717, 1.165) is 25.7 Å². The van der Waals surface area contributed by atoms with Crippen LogP contribution in [0.1, 0.15) is 219 Å². The van der Waals surface area contributed by atoms with Gasteiger partial charge in [0, 0.05) is 12.8 Å². The molecule has 0 atom stereocenters. The molecule has 0 unspecified atom stereocenters. The van der Waals surface area contributed by atoms with E-state index in [2.05, 4.69) is 13.8 Å². The van der Waals surface area contributed by atoms with Gasteiger partial charge in [0.05, 0.1) is 0 Å². The summed E-state index contributed by atoms with van der Waals surface area (Å²) in [5, 5.41) is 17.0. The topological polar surface area (TPSA) is 74.6 Å². The molecule has 2 N–H and O–H groups in total. The standard InChI is InChI=1S/C24H48O2.C12H24O2/c1-2-3-4-5-6-7-8-9-10-11-12-13-14-15-16-17-18-19-20-21-22-23-24(25)26;1-2-3-4-5-6-7-8-9-10-11-12(13)14/h2-23H2,1H3,(H,25,26);2-11H2,1H3,(H,13,14). The Kier molecular flexibility index (Phi) is 39.0. The van der Waals surface area contributed by atoms with Crippen LogP contribution in [0.15, 0.2) is 0 Å². The van der Waals surface area contributed by atoms with Crippen molar-refractivity contribution in [3.8, 4) is 0 Å². The maximum Gasteiger partial charge on any atom is 0.303 e. The highest BCUT2D eigenvalue weighted by molar-refractivity contribution is 5.66. The Morgan fingerprint density at radius 1 is 0.300 bits per heavy atom. The van der Waals surface area contributed by atoms with Gasteiger partial charge in [0.1, 0.15) is 0 Å². The average Bonchev–Trinajstić information content (AvgIpc) is 2.93. The Hall–Kier alpha value is -1.06. The predicted molar refractivity (Wildman–Crippen MR) is 174 cm³/mol. The molecule has 0 fully saturated rings. The lowest BCUT2D eigenvalue weighted by atomic mass is 10.0. The number of carbonyl (C=O) groups is 2. The zero-order chi connectivity index (χ0) is 29.8. The molecule has 0 aliphatic rings. The van der Waals surface area contributed by atoms with Crippen LogP contribution in [0.25, 0.3) is 0 Å². The molecule has 0 aromatic rings. The SMILES string of the molecule is CCCCCCCCCCCC(=O)O.CCCCCCCCCCCCCCCCCCCCCCCC(=O)O. The number of hydrogen-bond acceptors (Lipinski definition) is 2. The van der Waals surface area contributed by atoms with Crippen LogP contribution in [0.2, 0.25) is 0 Å². The van der Waals surface area contributed by atoms with Gasteiger partial charge in [0.25, 0.3) is 0 Å². The van der Waals surface area contributed by atoms with E-state index in [1.54, 1.807) is 0 Å². The van der Waals surface area contributed by atoms with Gasteiger partial charge in [-0.1, -0.05) is 194 Å². The Morgan fingerprint density at radius 3 is 0.600 bits per heavy atom. The Bertz CT molecular complexity index is 491. The van der Waals surface area contributed by atoms with Crippen LogP contribution in [0.5, 0.6) is 0 Å². The van der Waals surface area contributed by atoms with E-state index in [9.17, 15) is 9.59 Å². The first kappa shape index (κ1) is 41.1. The fourth-order valence-corrected chi connectivity index (χ4v) is 5.30. The van der Waals surface area contributed by atoms with Gasteiger partial charge in [0.15, 0.2) is 0 Å². The van der Waals surface area contributed by atoms with E-state index in [-0.39, 0.29) is 0 Å². The van der Waals surface area contributed by atoms with E-state index in [1.165, 1.54) is 167 Å². The van der Waals surface area contributed by atoms with Crippen molar-refractivity contribution < 1.29 is 19.8 Å². The van der Waals surface area contributed by atoms with Crippen LogP contribution in [0.4, 0.5) is 0 Å². The van der Waals surface area contributed by atoms with Crippen molar-refractivity contribution in [1.82, 2.24) is 0 Å². The molecule has 0 heterocycles. The molecule has 0 saturated heterocycles. The Balaban J connectivity index is 0. The number of carboxylic acids is 2. The van der Waals surface area contributed by atoms with Gasteiger partial charge in [-0.3, -0.25) is 9.59 Å². The van der Waals surface area contributed by atoms with Gasteiger partial charge in [-0.15, -0.1) is 0 Å². The molecule has 0 saturated carbocycles. The molecule has 40 heavy (non-hydrogen) atoms. The summed E-state index contributed by atoms with van der Waals surface area (Å²) >= 11 is 0. The molecule has 0 aliphatic heterocycles. The molecule has 0 aliphatic carbocycles. The van der Waals surface area contributed by atoms with E-state index in [0.29, 0.717) is 12.8 Å². The molecule has 4 heteroatoms. The average molecular weight is 569 g/mol. The molecular formula is C36H72O4. The van der Waals surface area contributed by atoms with Crippen LogP contribution in [-0.2, 0) is 9.59 Å². The highest BCUT2D eigenvalue weighted by atomic mass is 16.4.